The second kappa shape index (κ2) is 6.78. The summed E-state index contributed by atoms with van der Waals surface area (Å²) in [6, 6.07) is 7.15. The van der Waals surface area contributed by atoms with Gasteiger partial charge in [0.05, 0.1) is 20.6 Å². The van der Waals surface area contributed by atoms with Gasteiger partial charge in [-0.2, -0.15) is 0 Å². The predicted octanol–water partition coefficient (Wildman–Crippen LogP) is 2.29. The van der Waals surface area contributed by atoms with Crippen LogP contribution in [0.5, 0.6) is 11.5 Å². The topological polar surface area (TPSA) is 70.8 Å². The van der Waals surface area contributed by atoms with Crippen molar-refractivity contribution in [1.82, 2.24) is 5.16 Å². The summed E-state index contributed by atoms with van der Waals surface area (Å²) < 4.78 is 20.7. The maximum atomic E-state index is 11.5. The van der Waals surface area contributed by atoms with E-state index in [1.165, 1.54) is 7.11 Å². The first kappa shape index (κ1) is 14.9. The van der Waals surface area contributed by atoms with Gasteiger partial charge in [-0.3, -0.25) is 4.79 Å². The van der Waals surface area contributed by atoms with Gasteiger partial charge in [0.1, 0.15) is 18.1 Å². The van der Waals surface area contributed by atoms with Crippen molar-refractivity contribution in [2.45, 2.75) is 20.0 Å². The normalized spacial score (nSPS) is 10.2. The molecule has 2 rings (SSSR count). The van der Waals surface area contributed by atoms with Gasteiger partial charge in [-0.05, 0) is 13.0 Å². The minimum atomic E-state index is -0.342. The van der Waals surface area contributed by atoms with Gasteiger partial charge in [-0.1, -0.05) is 17.3 Å². The fourth-order valence-electron chi connectivity index (χ4n) is 1.88. The number of hydrogen-bond donors (Lipinski definition) is 0. The summed E-state index contributed by atoms with van der Waals surface area (Å²) >= 11 is 0. The first-order valence-corrected chi connectivity index (χ1v) is 6.41. The van der Waals surface area contributed by atoms with Gasteiger partial charge in [0, 0.05) is 11.6 Å². The van der Waals surface area contributed by atoms with E-state index in [9.17, 15) is 4.79 Å². The van der Waals surface area contributed by atoms with Crippen LogP contribution in [0.15, 0.2) is 28.8 Å². The summed E-state index contributed by atoms with van der Waals surface area (Å²) in [5, 5.41) is 3.86. The van der Waals surface area contributed by atoms with Crippen LogP contribution < -0.4 is 9.47 Å². The van der Waals surface area contributed by atoms with Gasteiger partial charge >= 0.3 is 5.97 Å². The lowest BCUT2D eigenvalue weighted by molar-refractivity contribution is -0.139. The highest BCUT2D eigenvalue weighted by Gasteiger charge is 2.15. The Morgan fingerprint density at radius 1 is 1.33 bits per heavy atom. The number of methoxy groups -OCH3 is 2. The van der Waals surface area contributed by atoms with E-state index in [2.05, 4.69) is 9.89 Å². The molecule has 0 aliphatic heterocycles. The SMILES string of the molecule is COC(=O)Cc1cccc(OC)c1OCc1cc(C)on1. The van der Waals surface area contributed by atoms with Crippen molar-refractivity contribution in [3.63, 3.8) is 0 Å². The molecule has 6 heteroatoms. The molecule has 2 aromatic rings. The minimum absolute atomic E-state index is 0.112. The van der Waals surface area contributed by atoms with Crippen LogP contribution in [-0.2, 0) is 22.6 Å². The number of nitrogens with zero attached hydrogens (tertiary/aromatic N) is 1. The molecule has 0 radical (unpaired) electrons. The number of aryl methyl sites for hydroxylation is 1. The Balaban J connectivity index is 2.20. The Hall–Kier alpha value is -2.50. The Morgan fingerprint density at radius 3 is 2.76 bits per heavy atom. The summed E-state index contributed by atoms with van der Waals surface area (Å²) in [5.41, 5.74) is 1.36. The van der Waals surface area contributed by atoms with E-state index < -0.39 is 0 Å². The van der Waals surface area contributed by atoms with Crippen LogP contribution in [0.4, 0.5) is 0 Å². The van der Waals surface area contributed by atoms with Crippen LogP contribution in [0.1, 0.15) is 17.0 Å². The molecule has 0 atom stereocenters. The molecule has 0 amide bonds. The third-order valence-electron chi connectivity index (χ3n) is 2.88. The predicted molar refractivity (Wildman–Crippen MR) is 74.3 cm³/mol. The van der Waals surface area contributed by atoms with Crippen molar-refractivity contribution >= 4 is 5.97 Å². The molecule has 0 spiro atoms. The second-order valence-corrected chi connectivity index (χ2v) is 4.42. The first-order chi connectivity index (χ1) is 10.1. The molecule has 0 N–H and O–H groups in total. The summed E-state index contributed by atoms with van der Waals surface area (Å²) in [4.78, 5) is 11.5. The van der Waals surface area contributed by atoms with E-state index in [0.717, 1.165) is 0 Å². The number of para-hydroxylation sites is 1. The van der Waals surface area contributed by atoms with Crippen molar-refractivity contribution in [3.05, 3.63) is 41.3 Å². The van der Waals surface area contributed by atoms with E-state index >= 15 is 0 Å². The largest absolute Gasteiger partial charge is 0.493 e. The van der Waals surface area contributed by atoms with Crippen LogP contribution in [0, 0.1) is 6.92 Å². The smallest absolute Gasteiger partial charge is 0.310 e. The van der Waals surface area contributed by atoms with E-state index in [1.807, 2.05) is 6.92 Å². The van der Waals surface area contributed by atoms with Gasteiger partial charge in [0.25, 0.3) is 0 Å². The molecule has 6 nitrogen and oxygen atoms in total. The summed E-state index contributed by atoms with van der Waals surface area (Å²) in [5.74, 6) is 1.43. The molecular weight excluding hydrogens is 274 g/mol. The van der Waals surface area contributed by atoms with Crippen molar-refractivity contribution < 1.29 is 23.5 Å². The highest BCUT2D eigenvalue weighted by molar-refractivity contribution is 5.74. The number of rotatable bonds is 6. The summed E-state index contributed by atoms with van der Waals surface area (Å²) in [6.45, 7) is 2.04. The molecule has 112 valence electrons. The number of carbonyl (C=O) groups excluding carboxylic acids is 1. The standard InChI is InChI=1S/C15H17NO5/c1-10-7-12(16-21-10)9-20-15-11(8-14(17)19-3)5-4-6-13(15)18-2/h4-7H,8-9H2,1-3H3. The van der Waals surface area contributed by atoms with Crippen LogP contribution in [0.3, 0.4) is 0 Å². The Kier molecular flexibility index (Phi) is 4.81. The van der Waals surface area contributed by atoms with E-state index in [-0.39, 0.29) is 19.0 Å². The molecule has 0 aliphatic rings. The Morgan fingerprint density at radius 2 is 2.14 bits per heavy atom. The van der Waals surface area contributed by atoms with E-state index in [1.54, 1.807) is 31.4 Å². The van der Waals surface area contributed by atoms with E-state index in [4.69, 9.17) is 14.0 Å². The lowest BCUT2D eigenvalue weighted by atomic mass is 10.1. The Bertz CT molecular complexity index is 620. The number of benzene rings is 1. The number of aromatic nitrogens is 1. The lowest BCUT2D eigenvalue weighted by Crippen LogP contribution is -2.08. The summed E-state index contributed by atoms with van der Waals surface area (Å²) in [7, 11) is 2.89. The molecule has 1 heterocycles. The minimum Gasteiger partial charge on any atom is -0.493 e. The van der Waals surface area contributed by atoms with Gasteiger partial charge in [-0.25, -0.2) is 0 Å². The molecular formula is C15H17NO5. The zero-order valence-corrected chi connectivity index (χ0v) is 12.2. The maximum absolute atomic E-state index is 11.5. The average molecular weight is 291 g/mol. The van der Waals surface area contributed by atoms with Gasteiger partial charge in [-0.15, -0.1) is 0 Å². The van der Waals surface area contributed by atoms with Crippen LogP contribution in [0.2, 0.25) is 0 Å². The first-order valence-electron chi connectivity index (χ1n) is 6.41. The summed E-state index contributed by atoms with van der Waals surface area (Å²) in [6.07, 6.45) is 0.112. The third kappa shape index (κ3) is 3.75. The third-order valence-corrected chi connectivity index (χ3v) is 2.88. The van der Waals surface area contributed by atoms with E-state index in [0.29, 0.717) is 28.5 Å². The monoisotopic (exact) mass is 291 g/mol. The zero-order valence-electron chi connectivity index (χ0n) is 12.2. The Labute approximate surface area is 122 Å². The second-order valence-electron chi connectivity index (χ2n) is 4.42. The fourth-order valence-corrected chi connectivity index (χ4v) is 1.88. The molecule has 0 unspecified atom stereocenters. The van der Waals surface area contributed by atoms with Crippen molar-refractivity contribution in [3.8, 4) is 11.5 Å². The number of carbonyl (C=O) groups is 1. The zero-order chi connectivity index (χ0) is 15.2. The fraction of sp³-hybridized carbons (Fsp3) is 0.333. The van der Waals surface area contributed by atoms with Crippen molar-refractivity contribution in [2.24, 2.45) is 0 Å². The van der Waals surface area contributed by atoms with Crippen LogP contribution in [0.25, 0.3) is 0 Å². The molecule has 1 aromatic carbocycles. The van der Waals surface area contributed by atoms with Gasteiger partial charge < -0.3 is 18.7 Å². The van der Waals surface area contributed by atoms with Crippen LogP contribution in [-0.4, -0.2) is 25.3 Å². The molecule has 0 aliphatic carbocycles. The van der Waals surface area contributed by atoms with Crippen molar-refractivity contribution in [1.29, 1.82) is 0 Å². The number of esters is 1. The lowest BCUT2D eigenvalue weighted by Gasteiger charge is -2.13. The van der Waals surface area contributed by atoms with Gasteiger partial charge in [0.15, 0.2) is 11.5 Å². The highest BCUT2D eigenvalue weighted by atomic mass is 16.5. The molecule has 0 fully saturated rings. The number of ether oxygens (including phenoxy) is 3. The molecule has 0 saturated heterocycles. The average Bonchev–Trinajstić information content (AvgIpc) is 2.91. The maximum Gasteiger partial charge on any atom is 0.310 e. The van der Waals surface area contributed by atoms with Crippen molar-refractivity contribution in [2.75, 3.05) is 14.2 Å². The quantitative estimate of drug-likeness (QED) is 0.760. The highest BCUT2D eigenvalue weighted by Crippen LogP contribution is 2.32. The molecule has 0 saturated carbocycles. The number of hydrogen-bond acceptors (Lipinski definition) is 6. The van der Waals surface area contributed by atoms with Crippen LogP contribution >= 0.6 is 0 Å². The van der Waals surface area contributed by atoms with Gasteiger partial charge in [0.2, 0.25) is 0 Å². The molecule has 0 bridgehead atoms. The molecule has 1 aromatic heterocycles. The molecule has 21 heavy (non-hydrogen) atoms.